The lowest BCUT2D eigenvalue weighted by Crippen LogP contribution is -2.34. The molecule has 5 nitrogen and oxygen atoms in total. The molecule has 0 aromatic heterocycles. The highest BCUT2D eigenvalue weighted by Crippen LogP contribution is 2.06. The third kappa shape index (κ3) is 6.04. The molecule has 0 heterocycles. The Balaban J connectivity index is 0.00000361. The number of hydrogen-bond donors (Lipinski definition) is 1. The highest BCUT2D eigenvalue weighted by Gasteiger charge is 2.17. The minimum Gasteiger partial charge on any atom is -0.468 e. The maximum absolute atomic E-state index is 11.9. The number of rotatable bonds is 6. The van der Waals surface area contributed by atoms with Gasteiger partial charge in [0.1, 0.15) is 6.04 Å². The molecular formula is C14H21ClN2O3. The summed E-state index contributed by atoms with van der Waals surface area (Å²) in [6.07, 6.45) is 0.532. The van der Waals surface area contributed by atoms with Gasteiger partial charge in [0.15, 0.2) is 0 Å². The molecule has 0 aliphatic rings. The molecule has 0 radical (unpaired) electrons. The summed E-state index contributed by atoms with van der Waals surface area (Å²) in [5.41, 5.74) is 6.65. The molecule has 1 aromatic carbocycles. The molecule has 6 heteroatoms. The normalized spacial score (nSPS) is 11.2. The zero-order valence-electron chi connectivity index (χ0n) is 11.7. The molecule has 0 unspecified atom stereocenters. The molecule has 20 heavy (non-hydrogen) atoms. The molecule has 0 bridgehead atoms. The number of hydrogen-bond acceptors (Lipinski definition) is 4. The predicted octanol–water partition coefficient (Wildman–Crippen LogP) is 1.35. The zero-order valence-corrected chi connectivity index (χ0v) is 12.6. The first-order chi connectivity index (χ1) is 9.04. The van der Waals surface area contributed by atoms with E-state index >= 15 is 0 Å². The lowest BCUT2D eigenvalue weighted by atomic mass is 10.1. The highest BCUT2D eigenvalue weighted by atomic mass is 35.5. The van der Waals surface area contributed by atoms with Crippen LogP contribution < -0.4 is 5.73 Å². The molecule has 1 amide bonds. The van der Waals surface area contributed by atoms with E-state index in [1.807, 2.05) is 30.3 Å². The number of halogens is 1. The first-order valence-corrected chi connectivity index (χ1v) is 6.16. The van der Waals surface area contributed by atoms with Gasteiger partial charge in [0, 0.05) is 20.0 Å². The smallest absolute Gasteiger partial charge is 0.322 e. The highest BCUT2D eigenvalue weighted by molar-refractivity contribution is 5.85. The minimum absolute atomic E-state index is 0. The number of carbonyl (C=O) groups excluding carboxylic acids is 2. The van der Waals surface area contributed by atoms with Crippen LogP contribution in [-0.2, 0) is 20.9 Å². The number of ether oxygens (including phenoxy) is 1. The van der Waals surface area contributed by atoms with Crippen LogP contribution in [0.3, 0.4) is 0 Å². The Morgan fingerprint density at radius 3 is 2.45 bits per heavy atom. The van der Waals surface area contributed by atoms with Crippen LogP contribution >= 0.6 is 12.4 Å². The Morgan fingerprint density at radius 2 is 1.90 bits per heavy atom. The van der Waals surface area contributed by atoms with Crippen molar-refractivity contribution in [2.45, 2.75) is 25.4 Å². The van der Waals surface area contributed by atoms with Crippen LogP contribution in [0, 0.1) is 0 Å². The van der Waals surface area contributed by atoms with Crippen LogP contribution in [0.25, 0.3) is 0 Å². The number of methoxy groups -OCH3 is 1. The maximum Gasteiger partial charge on any atom is 0.322 e. The first kappa shape index (κ1) is 18.4. The van der Waals surface area contributed by atoms with Crippen LogP contribution in [0.4, 0.5) is 0 Å². The van der Waals surface area contributed by atoms with E-state index < -0.39 is 12.0 Å². The van der Waals surface area contributed by atoms with Gasteiger partial charge in [-0.1, -0.05) is 30.3 Å². The van der Waals surface area contributed by atoms with Gasteiger partial charge < -0.3 is 15.4 Å². The number of carbonyl (C=O) groups is 2. The number of nitrogens with two attached hydrogens (primary N) is 1. The summed E-state index contributed by atoms with van der Waals surface area (Å²) < 4.78 is 4.51. The molecule has 1 rings (SSSR count). The summed E-state index contributed by atoms with van der Waals surface area (Å²) in [7, 11) is 3.02. The van der Waals surface area contributed by atoms with Crippen molar-refractivity contribution < 1.29 is 14.3 Å². The van der Waals surface area contributed by atoms with Crippen LogP contribution in [0.15, 0.2) is 30.3 Å². The Morgan fingerprint density at radius 1 is 1.30 bits per heavy atom. The van der Waals surface area contributed by atoms with E-state index in [0.717, 1.165) is 5.56 Å². The van der Waals surface area contributed by atoms with E-state index in [1.54, 1.807) is 11.9 Å². The van der Waals surface area contributed by atoms with Crippen molar-refractivity contribution in [3.63, 3.8) is 0 Å². The van der Waals surface area contributed by atoms with E-state index in [1.165, 1.54) is 7.11 Å². The fourth-order valence-corrected chi connectivity index (χ4v) is 1.68. The summed E-state index contributed by atoms with van der Waals surface area (Å²) in [5, 5.41) is 0. The van der Waals surface area contributed by atoms with Gasteiger partial charge in [-0.05, 0) is 12.0 Å². The van der Waals surface area contributed by atoms with Crippen molar-refractivity contribution >= 4 is 24.3 Å². The van der Waals surface area contributed by atoms with E-state index in [4.69, 9.17) is 5.73 Å². The minimum atomic E-state index is -0.737. The van der Waals surface area contributed by atoms with Crippen molar-refractivity contribution in [2.24, 2.45) is 5.73 Å². The van der Waals surface area contributed by atoms with Gasteiger partial charge in [-0.25, -0.2) is 0 Å². The van der Waals surface area contributed by atoms with Crippen molar-refractivity contribution in [2.75, 3.05) is 14.2 Å². The average Bonchev–Trinajstić information content (AvgIpc) is 2.44. The molecule has 112 valence electrons. The zero-order chi connectivity index (χ0) is 14.3. The summed E-state index contributed by atoms with van der Waals surface area (Å²) in [5.74, 6) is -0.526. The average molecular weight is 301 g/mol. The van der Waals surface area contributed by atoms with Gasteiger partial charge in [0.2, 0.25) is 5.91 Å². The largest absolute Gasteiger partial charge is 0.468 e. The Hall–Kier alpha value is -1.59. The predicted molar refractivity (Wildman–Crippen MR) is 79.4 cm³/mol. The van der Waals surface area contributed by atoms with Crippen LogP contribution in [-0.4, -0.2) is 37.0 Å². The quantitative estimate of drug-likeness (QED) is 0.805. The number of amides is 1. The van der Waals surface area contributed by atoms with E-state index in [0.29, 0.717) is 13.0 Å². The topological polar surface area (TPSA) is 72.6 Å². The molecule has 0 spiro atoms. The van der Waals surface area contributed by atoms with Gasteiger partial charge in [0.25, 0.3) is 0 Å². The van der Waals surface area contributed by atoms with Crippen molar-refractivity contribution in [3.05, 3.63) is 35.9 Å². The third-order valence-electron chi connectivity index (χ3n) is 2.86. The van der Waals surface area contributed by atoms with Crippen molar-refractivity contribution in [1.29, 1.82) is 0 Å². The Bertz CT molecular complexity index is 426. The van der Waals surface area contributed by atoms with Crippen molar-refractivity contribution in [3.8, 4) is 0 Å². The molecule has 1 aromatic rings. The second-order valence-electron chi connectivity index (χ2n) is 4.40. The van der Waals surface area contributed by atoms with E-state index in [2.05, 4.69) is 4.74 Å². The van der Waals surface area contributed by atoms with Crippen LogP contribution in [0.1, 0.15) is 18.4 Å². The van der Waals surface area contributed by atoms with Gasteiger partial charge in [-0.15, -0.1) is 12.4 Å². The summed E-state index contributed by atoms with van der Waals surface area (Å²) >= 11 is 0. The van der Waals surface area contributed by atoms with Gasteiger partial charge in [0.05, 0.1) is 7.11 Å². The van der Waals surface area contributed by atoms with Gasteiger partial charge in [-0.2, -0.15) is 0 Å². The molecule has 0 fully saturated rings. The monoisotopic (exact) mass is 300 g/mol. The Kier molecular flexibility index (Phi) is 8.59. The fourth-order valence-electron chi connectivity index (χ4n) is 1.68. The summed E-state index contributed by atoms with van der Waals surface area (Å²) in [6, 6.07) is 8.98. The Labute approximate surface area is 125 Å². The fraction of sp³-hybridized carbons (Fsp3) is 0.429. The third-order valence-corrected chi connectivity index (χ3v) is 2.86. The second-order valence-corrected chi connectivity index (χ2v) is 4.40. The maximum atomic E-state index is 11.9. The second kappa shape index (κ2) is 9.34. The van der Waals surface area contributed by atoms with E-state index in [9.17, 15) is 9.59 Å². The summed E-state index contributed by atoms with van der Waals surface area (Å²) in [4.78, 5) is 24.6. The van der Waals surface area contributed by atoms with Crippen molar-refractivity contribution in [1.82, 2.24) is 4.90 Å². The lowest BCUT2D eigenvalue weighted by Gasteiger charge is -2.18. The molecule has 0 aliphatic carbocycles. The van der Waals surface area contributed by atoms with E-state index in [-0.39, 0.29) is 24.7 Å². The van der Waals surface area contributed by atoms with Crippen LogP contribution in [0.5, 0.6) is 0 Å². The molecule has 2 N–H and O–H groups in total. The number of esters is 1. The standard InChI is InChI=1S/C14H20N2O3.ClH/c1-16(10-11-6-4-3-5-7-11)13(17)9-8-12(15)14(18)19-2;/h3-7,12H,8-10,15H2,1-2H3;1H/t12-;/m0./s1. The molecule has 1 atom stereocenters. The molecular weight excluding hydrogens is 280 g/mol. The SMILES string of the molecule is COC(=O)[C@@H](N)CCC(=O)N(C)Cc1ccccc1.Cl. The summed E-state index contributed by atoms with van der Waals surface area (Å²) in [6.45, 7) is 0.549. The van der Waals surface area contributed by atoms with Gasteiger partial charge in [-0.3, -0.25) is 9.59 Å². The lowest BCUT2D eigenvalue weighted by molar-refractivity contribution is -0.142. The van der Waals surface area contributed by atoms with Gasteiger partial charge >= 0.3 is 5.97 Å². The molecule has 0 aliphatic heterocycles. The molecule has 0 saturated heterocycles. The first-order valence-electron chi connectivity index (χ1n) is 6.16. The number of benzene rings is 1. The molecule has 0 saturated carbocycles. The number of nitrogens with zero attached hydrogens (tertiary/aromatic N) is 1. The van der Waals surface area contributed by atoms with Crippen LogP contribution in [0.2, 0.25) is 0 Å².